The van der Waals surface area contributed by atoms with E-state index in [1.165, 1.54) is 0 Å². The number of hydrogen-bond acceptors (Lipinski definition) is 3. The summed E-state index contributed by atoms with van der Waals surface area (Å²) >= 11 is 1.63. The number of aryl methyl sites for hydroxylation is 1. The van der Waals surface area contributed by atoms with E-state index in [9.17, 15) is 4.79 Å². The number of amides is 1. The molecule has 2 aromatic heterocycles. The average molecular weight is 285 g/mol. The number of benzene rings is 1. The van der Waals surface area contributed by atoms with Gasteiger partial charge in [0.15, 0.2) is 5.69 Å². The summed E-state index contributed by atoms with van der Waals surface area (Å²) in [6.07, 6.45) is 0. The molecule has 1 aromatic carbocycles. The third-order valence-electron chi connectivity index (χ3n) is 3.18. The van der Waals surface area contributed by atoms with Crippen molar-refractivity contribution in [2.24, 2.45) is 0 Å². The Balaban J connectivity index is 1.87. The maximum Gasteiger partial charge on any atom is 0.272 e. The van der Waals surface area contributed by atoms with Crippen LogP contribution in [0.5, 0.6) is 0 Å². The lowest BCUT2D eigenvalue weighted by atomic mass is 10.2. The number of fused-ring (bicyclic) bond motifs is 1. The first-order valence-electron chi connectivity index (χ1n) is 6.55. The Morgan fingerprint density at radius 1 is 1.30 bits per heavy atom. The second-order valence-corrected chi connectivity index (χ2v) is 5.48. The van der Waals surface area contributed by atoms with Gasteiger partial charge in [-0.2, -0.15) is 5.10 Å². The lowest BCUT2D eigenvalue weighted by molar-refractivity contribution is 0.0947. The number of rotatable bonds is 4. The smallest absolute Gasteiger partial charge is 0.272 e. The van der Waals surface area contributed by atoms with E-state index >= 15 is 0 Å². The molecule has 0 bridgehead atoms. The first-order valence-corrected chi connectivity index (χ1v) is 7.43. The highest BCUT2D eigenvalue weighted by molar-refractivity contribution is 7.09. The molecular formula is C15H15N3OS. The topological polar surface area (TPSA) is 46.9 Å². The van der Waals surface area contributed by atoms with Crippen molar-refractivity contribution < 1.29 is 4.79 Å². The molecule has 0 aliphatic heterocycles. The van der Waals surface area contributed by atoms with E-state index in [0.29, 0.717) is 12.2 Å². The van der Waals surface area contributed by atoms with Gasteiger partial charge in [-0.1, -0.05) is 24.3 Å². The third-order valence-corrected chi connectivity index (χ3v) is 4.05. The van der Waals surface area contributed by atoms with Crippen molar-refractivity contribution in [3.63, 3.8) is 0 Å². The molecule has 0 aliphatic carbocycles. The van der Waals surface area contributed by atoms with Crippen molar-refractivity contribution in [2.75, 3.05) is 0 Å². The molecule has 3 aromatic rings. The summed E-state index contributed by atoms with van der Waals surface area (Å²) < 4.78 is 1.86. The largest absolute Gasteiger partial charge is 0.346 e. The van der Waals surface area contributed by atoms with E-state index in [0.717, 1.165) is 22.3 Å². The highest BCUT2D eigenvalue weighted by atomic mass is 32.1. The number of hydrogen-bond donors (Lipinski definition) is 1. The Hall–Kier alpha value is -2.14. The molecule has 2 heterocycles. The van der Waals surface area contributed by atoms with Gasteiger partial charge in [0.05, 0.1) is 12.1 Å². The van der Waals surface area contributed by atoms with Gasteiger partial charge in [-0.15, -0.1) is 11.3 Å². The number of para-hydroxylation sites is 1. The fourth-order valence-corrected chi connectivity index (χ4v) is 2.85. The highest BCUT2D eigenvalue weighted by Gasteiger charge is 2.16. The van der Waals surface area contributed by atoms with Crippen LogP contribution in [-0.2, 0) is 13.1 Å². The number of nitrogens with one attached hydrogen (secondary N) is 1. The quantitative estimate of drug-likeness (QED) is 0.801. The molecule has 0 fully saturated rings. The van der Waals surface area contributed by atoms with Gasteiger partial charge < -0.3 is 5.32 Å². The number of nitrogens with zero attached hydrogens (tertiary/aromatic N) is 2. The summed E-state index contributed by atoms with van der Waals surface area (Å²) in [6.45, 7) is 3.31. The summed E-state index contributed by atoms with van der Waals surface area (Å²) in [4.78, 5) is 13.4. The molecule has 102 valence electrons. The number of carbonyl (C=O) groups is 1. The van der Waals surface area contributed by atoms with Gasteiger partial charge in [-0.25, -0.2) is 0 Å². The number of thiophene rings is 1. The van der Waals surface area contributed by atoms with E-state index < -0.39 is 0 Å². The summed E-state index contributed by atoms with van der Waals surface area (Å²) in [5.41, 5.74) is 1.50. The van der Waals surface area contributed by atoms with Gasteiger partial charge >= 0.3 is 0 Å². The van der Waals surface area contributed by atoms with Gasteiger partial charge in [0, 0.05) is 16.8 Å². The van der Waals surface area contributed by atoms with Crippen molar-refractivity contribution in [1.82, 2.24) is 15.1 Å². The fraction of sp³-hybridized carbons (Fsp3) is 0.200. The van der Waals surface area contributed by atoms with Gasteiger partial charge in [-0.3, -0.25) is 9.48 Å². The molecule has 1 N–H and O–H groups in total. The van der Waals surface area contributed by atoms with Gasteiger partial charge in [0.25, 0.3) is 5.91 Å². The van der Waals surface area contributed by atoms with Crippen molar-refractivity contribution in [2.45, 2.75) is 20.0 Å². The van der Waals surface area contributed by atoms with Gasteiger partial charge in [0.1, 0.15) is 0 Å². The van der Waals surface area contributed by atoms with Crippen LogP contribution in [0.15, 0.2) is 41.8 Å². The highest BCUT2D eigenvalue weighted by Crippen LogP contribution is 2.18. The molecular weight excluding hydrogens is 270 g/mol. The Morgan fingerprint density at radius 3 is 2.90 bits per heavy atom. The zero-order valence-corrected chi connectivity index (χ0v) is 12.0. The molecule has 5 heteroatoms. The van der Waals surface area contributed by atoms with E-state index in [4.69, 9.17) is 0 Å². The Bertz CT molecular complexity index is 731. The van der Waals surface area contributed by atoms with Crippen LogP contribution in [0.4, 0.5) is 0 Å². The van der Waals surface area contributed by atoms with Crippen molar-refractivity contribution in [3.05, 3.63) is 52.3 Å². The lowest BCUT2D eigenvalue weighted by Crippen LogP contribution is -2.23. The monoisotopic (exact) mass is 285 g/mol. The molecule has 0 radical (unpaired) electrons. The molecule has 1 amide bonds. The minimum absolute atomic E-state index is 0.123. The maximum atomic E-state index is 12.3. The molecule has 0 atom stereocenters. The molecule has 0 aliphatic rings. The first kappa shape index (κ1) is 12.9. The minimum Gasteiger partial charge on any atom is -0.346 e. The lowest BCUT2D eigenvalue weighted by Gasteiger charge is -2.01. The summed E-state index contributed by atoms with van der Waals surface area (Å²) in [5.74, 6) is -0.123. The standard InChI is InChI=1S/C15H15N3OS/c1-2-18-13-8-4-3-7-12(13)14(17-18)15(19)16-10-11-6-5-9-20-11/h3-9H,2,10H2,1H3,(H,16,19). The Labute approximate surface area is 121 Å². The molecule has 20 heavy (non-hydrogen) atoms. The van der Waals surface area contributed by atoms with Crippen molar-refractivity contribution >= 4 is 28.1 Å². The number of carbonyl (C=O) groups excluding carboxylic acids is 1. The van der Waals surface area contributed by atoms with Crippen LogP contribution in [0.3, 0.4) is 0 Å². The van der Waals surface area contributed by atoms with E-state index in [1.54, 1.807) is 11.3 Å². The second kappa shape index (κ2) is 5.46. The van der Waals surface area contributed by atoms with Crippen LogP contribution in [0.1, 0.15) is 22.3 Å². The summed E-state index contributed by atoms with van der Waals surface area (Å²) in [7, 11) is 0. The molecule has 0 saturated heterocycles. The molecule has 0 unspecified atom stereocenters. The third kappa shape index (κ3) is 2.32. The number of aromatic nitrogens is 2. The molecule has 4 nitrogen and oxygen atoms in total. The van der Waals surface area contributed by atoms with Crippen LogP contribution in [0, 0.1) is 0 Å². The van der Waals surface area contributed by atoms with Crippen molar-refractivity contribution in [3.8, 4) is 0 Å². The molecule has 0 saturated carbocycles. The van der Waals surface area contributed by atoms with E-state index in [-0.39, 0.29) is 5.91 Å². The normalized spacial score (nSPS) is 10.8. The zero-order chi connectivity index (χ0) is 13.9. The zero-order valence-electron chi connectivity index (χ0n) is 11.2. The van der Waals surface area contributed by atoms with E-state index in [2.05, 4.69) is 10.4 Å². The average Bonchev–Trinajstić information content (AvgIpc) is 3.12. The summed E-state index contributed by atoms with van der Waals surface area (Å²) in [6, 6.07) is 11.8. The van der Waals surface area contributed by atoms with Gasteiger partial charge in [-0.05, 0) is 24.4 Å². The van der Waals surface area contributed by atoms with Gasteiger partial charge in [0.2, 0.25) is 0 Å². The van der Waals surface area contributed by atoms with Crippen LogP contribution in [-0.4, -0.2) is 15.7 Å². The molecule has 3 rings (SSSR count). The Morgan fingerprint density at radius 2 is 2.15 bits per heavy atom. The van der Waals surface area contributed by atoms with Crippen LogP contribution in [0.25, 0.3) is 10.9 Å². The van der Waals surface area contributed by atoms with E-state index in [1.807, 2.05) is 53.4 Å². The second-order valence-electron chi connectivity index (χ2n) is 4.44. The Kier molecular flexibility index (Phi) is 3.52. The first-order chi connectivity index (χ1) is 9.79. The molecule has 0 spiro atoms. The van der Waals surface area contributed by atoms with Crippen LogP contribution < -0.4 is 5.32 Å². The minimum atomic E-state index is -0.123. The fourth-order valence-electron chi connectivity index (χ4n) is 2.20. The predicted octanol–water partition coefficient (Wildman–Crippen LogP) is 3.05. The summed E-state index contributed by atoms with van der Waals surface area (Å²) in [5, 5.41) is 10.2. The maximum absolute atomic E-state index is 12.3. The predicted molar refractivity (Wildman–Crippen MR) is 80.9 cm³/mol. The van der Waals surface area contributed by atoms with Crippen LogP contribution in [0.2, 0.25) is 0 Å². The SMILES string of the molecule is CCn1nc(C(=O)NCc2cccs2)c2ccccc21. The van der Waals surface area contributed by atoms with Crippen LogP contribution >= 0.6 is 11.3 Å². The van der Waals surface area contributed by atoms with Crippen molar-refractivity contribution in [1.29, 1.82) is 0 Å².